The van der Waals surface area contributed by atoms with Crippen molar-refractivity contribution in [2.45, 2.75) is 6.92 Å². The van der Waals surface area contributed by atoms with E-state index >= 15 is 0 Å². The first kappa shape index (κ1) is 20.8. The minimum Gasteiger partial charge on any atom is -0.350 e. The summed E-state index contributed by atoms with van der Waals surface area (Å²) in [5.74, 6) is -0.605. The standard InChI is InChI=1S/C24H23N3O3/c1-17(28)27-22-13-11-21(12-14-22)24(30)26-16-15-25-23(29)20-9-7-19(8-10-20)18-5-3-2-4-6-18/h2-14H,15-16H2,1H3,(H,25,29)(H,26,30)(H,27,28). The molecule has 0 unspecified atom stereocenters. The van der Waals surface area contributed by atoms with Gasteiger partial charge in [0.15, 0.2) is 0 Å². The maximum Gasteiger partial charge on any atom is 0.251 e. The molecule has 0 spiro atoms. The zero-order valence-electron chi connectivity index (χ0n) is 16.6. The van der Waals surface area contributed by atoms with Gasteiger partial charge in [-0.25, -0.2) is 0 Å². The topological polar surface area (TPSA) is 87.3 Å². The SMILES string of the molecule is CC(=O)Nc1ccc(C(=O)NCCNC(=O)c2ccc(-c3ccccc3)cc2)cc1. The summed E-state index contributed by atoms with van der Waals surface area (Å²) in [6.07, 6.45) is 0. The predicted molar refractivity (Wildman–Crippen MR) is 117 cm³/mol. The van der Waals surface area contributed by atoms with E-state index in [-0.39, 0.29) is 17.7 Å². The minimum atomic E-state index is -0.245. The number of rotatable bonds is 7. The lowest BCUT2D eigenvalue weighted by Crippen LogP contribution is -2.34. The zero-order valence-corrected chi connectivity index (χ0v) is 16.6. The van der Waals surface area contributed by atoms with Crippen LogP contribution in [0.4, 0.5) is 5.69 Å². The molecule has 0 fully saturated rings. The maximum absolute atomic E-state index is 12.3. The molecule has 3 rings (SSSR count). The number of nitrogens with one attached hydrogen (secondary N) is 3. The molecule has 0 bridgehead atoms. The summed E-state index contributed by atoms with van der Waals surface area (Å²) in [6, 6.07) is 23.9. The summed E-state index contributed by atoms with van der Waals surface area (Å²) in [7, 11) is 0. The normalized spacial score (nSPS) is 10.2. The Hall–Kier alpha value is -3.93. The number of hydrogen-bond acceptors (Lipinski definition) is 3. The van der Waals surface area contributed by atoms with Crippen molar-refractivity contribution in [2.75, 3.05) is 18.4 Å². The molecule has 0 aromatic heterocycles. The van der Waals surface area contributed by atoms with Gasteiger partial charge >= 0.3 is 0 Å². The average Bonchev–Trinajstić information content (AvgIpc) is 2.77. The van der Waals surface area contributed by atoms with Gasteiger partial charge in [-0.05, 0) is 47.5 Å². The van der Waals surface area contributed by atoms with E-state index in [2.05, 4.69) is 16.0 Å². The van der Waals surface area contributed by atoms with Crippen LogP contribution >= 0.6 is 0 Å². The van der Waals surface area contributed by atoms with E-state index in [0.29, 0.717) is 29.9 Å². The Balaban J connectivity index is 1.44. The van der Waals surface area contributed by atoms with Gasteiger partial charge in [0.05, 0.1) is 0 Å². The van der Waals surface area contributed by atoms with Gasteiger partial charge < -0.3 is 16.0 Å². The van der Waals surface area contributed by atoms with E-state index in [0.717, 1.165) is 11.1 Å². The van der Waals surface area contributed by atoms with Gasteiger partial charge in [0.2, 0.25) is 5.91 Å². The Morgan fingerprint density at radius 2 is 1.10 bits per heavy atom. The lowest BCUT2D eigenvalue weighted by molar-refractivity contribution is -0.114. The molecule has 0 aliphatic carbocycles. The molecule has 30 heavy (non-hydrogen) atoms. The van der Waals surface area contributed by atoms with Crippen molar-refractivity contribution in [1.82, 2.24) is 10.6 Å². The largest absolute Gasteiger partial charge is 0.350 e. The molecule has 3 amide bonds. The fourth-order valence-electron chi connectivity index (χ4n) is 2.91. The molecule has 3 aromatic carbocycles. The van der Waals surface area contributed by atoms with E-state index < -0.39 is 0 Å². The summed E-state index contributed by atoms with van der Waals surface area (Å²) in [5, 5.41) is 8.20. The van der Waals surface area contributed by atoms with Gasteiger partial charge in [0.1, 0.15) is 0 Å². The molecule has 0 aliphatic heterocycles. The van der Waals surface area contributed by atoms with Gasteiger partial charge in [-0.1, -0.05) is 42.5 Å². The van der Waals surface area contributed by atoms with Crippen molar-refractivity contribution >= 4 is 23.4 Å². The van der Waals surface area contributed by atoms with Crippen LogP contribution < -0.4 is 16.0 Å². The van der Waals surface area contributed by atoms with E-state index in [1.54, 1.807) is 36.4 Å². The van der Waals surface area contributed by atoms with E-state index in [9.17, 15) is 14.4 Å². The Labute approximate surface area is 175 Å². The zero-order chi connectivity index (χ0) is 21.3. The number of carbonyl (C=O) groups is 3. The molecular weight excluding hydrogens is 378 g/mol. The second-order valence-corrected chi connectivity index (χ2v) is 6.71. The highest BCUT2D eigenvalue weighted by molar-refractivity contribution is 5.96. The number of carbonyl (C=O) groups excluding carboxylic acids is 3. The summed E-state index contributed by atoms with van der Waals surface area (Å²) in [4.78, 5) is 35.4. The summed E-state index contributed by atoms with van der Waals surface area (Å²) >= 11 is 0. The highest BCUT2D eigenvalue weighted by Crippen LogP contribution is 2.19. The van der Waals surface area contributed by atoms with Crippen molar-refractivity contribution in [3.63, 3.8) is 0 Å². The molecule has 0 aliphatic rings. The smallest absolute Gasteiger partial charge is 0.251 e. The molecule has 0 saturated heterocycles. The van der Waals surface area contributed by atoms with Crippen LogP contribution in [0.3, 0.4) is 0 Å². The molecule has 0 radical (unpaired) electrons. The van der Waals surface area contributed by atoms with Crippen LogP contribution in [0.15, 0.2) is 78.9 Å². The number of amides is 3. The lowest BCUT2D eigenvalue weighted by Gasteiger charge is -2.09. The summed E-state index contributed by atoms with van der Waals surface area (Å²) in [6.45, 7) is 2.04. The Bertz CT molecular complexity index is 1010. The van der Waals surface area contributed by atoms with Gasteiger partial charge in [0.25, 0.3) is 11.8 Å². The third-order valence-corrected chi connectivity index (χ3v) is 4.42. The summed E-state index contributed by atoms with van der Waals surface area (Å²) < 4.78 is 0. The van der Waals surface area contributed by atoms with E-state index in [1.807, 2.05) is 42.5 Å². The second-order valence-electron chi connectivity index (χ2n) is 6.71. The average molecular weight is 401 g/mol. The minimum absolute atomic E-state index is 0.169. The quantitative estimate of drug-likeness (QED) is 0.530. The Morgan fingerprint density at radius 3 is 1.60 bits per heavy atom. The fraction of sp³-hybridized carbons (Fsp3) is 0.125. The lowest BCUT2D eigenvalue weighted by atomic mass is 10.0. The van der Waals surface area contributed by atoms with Gasteiger partial charge in [0, 0.05) is 36.8 Å². The van der Waals surface area contributed by atoms with Crippen molar-refractivity contribution < 1.29 is 14.4 Å². The highest BCUT2D eigenvalue weighted by atomic mass is 16.2. The van der Waals surface area contributed by atoms with Crippen LogP contribution in [0.2, 0.25) is 0 Å². The van der Waals surface area contributed by atoms with Crippen molar-refractivity contribution in [3.05, 3.63) is 90.0 Å². The van der Waals surface area contributed by atoms with E-state index in [4.69, 9.17) is 0 Å². The monoisotopic (exact) mass is 401 g/mol. The number of anilines is 1. The maximum atomic E-state index is 12.3. The molecule has 6 nitrogen and oxygen atoms in total. The second kappa shape index (κ2) is 10.0. The van der Waals surface area contributed by atoms with Crippen LogP contribution in [0.5, 0.6) is 0 Å². The third kappa shape index (κ3) is 5.78. The van der Waals surface area contributed by atoms with Crippen molar-refractivity contribution in [1.29, 1.82) is 0 Å². The first-order valence-corrected chi connectivity index (χ1v) is 9.62. The first-order valence-electron chi connectivity index (χ1n) is 9.62. The fourth-order valence-corrected chi connectivity index (χ4v) is 2.91. The van der Waals surface area contributed by atoms with Crippen LogP contribution in [0, 0.1) is 0 Å². The van der Waals surface area contributed by atoms with Crippen LogP contribution in [0.1, 0.15) is 27.6 Å². The van der Waals surface area contributed by atoms with E-state index in [1.165, 1.54) is 6.92 Å². The third-order valence-electron chi connectivity index (χ3n) is 4.42. The van der Waals surface area contributed by atoms with Crippen LogP contribution in [0.25, 0.3) is 11.1 Å². The number of benzene rings is 3. The molecule has 3 aromatic rings. The Morgan fingerprint density at radius 1 is 0.633 bits per heavy atom. The molecule has 0 atom stereocenters. The molecule has 0 heterocycles. The molecule has 6 heteroatoms. The molecular formula is C24H23N3O3. The predicted octanol–water partition coefficient (Wildman–Crippen LogP) is 3.47. The summed E-state index contributed by atoms with van der Waals surface area (Å²) in [5.41, 5.74) is 3.81. The molecule has 0 saturated carbocycles. The highest BCUT2D eigenvalue weighted by Gasteiger charge is 2.08. The number of hydrogen-bond donors (Lipinski definition) is 3. The first-order chi connectivity index (χ1) is 14.5. The van der Waals surface area contributed by atoms with Gasteiger partial charge in [-0.2, -0.15) is 0 Å². The Kier molecular flexibility index (Phi) is 6.95. The van der Waals surface area contributed by atoms with Gasteiger partial charge in [-0.3, -0.25) is 14.4 Å². The van der Waals surface area contributed by atoms with Crippen molar-refractivity contribution in [3.8, 4) is 11.1 Å². The molecule has 152 valence electrons. The van der Waals surface area contributed by atoms with Crippen LogP contribution in [-0.2, 0) is 4.79 Å². The van der Waals surface area contributed by atoms with Crippen molar-refractivity contribution in [2.24, 2.45) is 0 Å². The molecule has 3 N–H and O–H groups in total. The van der Waals surface area contributed by atoms with Crippen LogP contribution in [-0.4, -0.2) is 30.8 Å². The van der Waals surface area contributed by atoms with Gasteiger partial charge in [-0.15, -0.1) is 0 Å².